The number of hydrogen-bond acceptors (Lipinski definition) is 5. The summed E-state index contributed by atoms with van der Waals surface area (Å²) < 4.78 is 7.71. The lowest BCUT2D eigenvalue weighted by atomic mass is 10.1. The molecule has 4 aromatic rings. The second kappa shape index (κ2) is 11.3. The zero-order chi connectivity index (χ0) is 24.6. The third-order valence-electron chi connectivity index (χ3n) is 5.41. The fraction of sp³-hybridized carbons (Fsp3) is 0.222. The Balaban J connectivity index is 1.48. The number of imidazole rings is 1. The summed E-state index contributed by atoms with van der Waals surface area (Å²) in [5.74, 6) is 0.768. The van der Waals surface area contributed by atoms with Crippen LogP contribution in [0.1, 0.15) is 23.1 Å². The van der Waals surface area contributed by atoms with Gasteiger partial charge in [0, 0.05) is 25.5 Å². The SMILES string of the molecule is CN(C)CCCOc1ccc(C=c2[nH]c(=O)c(=Cc3ccc(Cn4ccnc4)cc3)[nH]c2=O)cc1. The topological polar surface area (TPSA) is 96.0 Å². The number of hydrogen-bond donors (Lipinski definition) is 2. The molecule has 2 heterocycles. The third kappa shape index (κ3) is 6.91. The van der Waals surface area contributed by atoms with E-state index >= 15 is 0 Å². The second-order valence-corrected chi connectivity index (χ2v) is 8.58. The molecule has 8 nitrogen and oxygen atoms in total. The summed E-state index contributed by atoms with van der Waals surface area (Å²) in [6, 6.07) is 15.2. The normalized spacial score (nSPS) is 12.4. The number of aromatic nitrogens is 4. The monoisotopic (exact) mass is 471 g/mol. The molecule has 2 aromatic heterocycles. The number of nitrogens with one attached hydrogen (secondary N) is 2. The number of benzene rings is 2. The van der Waals surface area contributed by atoms with Crippen LogP contribution in [-0.4, -0.2) is 51.7 Å². The van der Waals surface area contributed by atoms with Gasteiger partial charge < -0.3 is 24.2 Å². The molecule has 35 heavy (non-hydrogen) atoms. The molecule has 2 aromatic carbocycles. The first-order valence-corrected chi connectivity index (χ1v) is 11.4. The number of nitrogens with zero attached hydrogens (tertiary/aromatic N) is 3. The van der Waals surface area contributed by atoms with E-state index in [-0.39, 0.29) is 21.8 Å². The molecule has 0 spiro atoms. The van der Waals surface area contributed by atoms with Gasteiger partial charge in [-0.2, -0.15) is 0 Å². The van der Waals surface area contributed by atoms with Crippen LogP contribution in [-0.2, 0) is 6.54 Å². The van der Waals surface area contributed by atoms with Crippen molar-refractivity contribution in [3.8, 4) is 5.75 Å². The van der Waals surface area contributed by atoms with Crippen LogP contribution in [0.5, 0.6) is 5.75 Å². The minimum Gasteiger partial charge on any atom is -0.494 e. The summed E-state index contributed by atoms with van der Waals surface area (Å²) >= 11 is 0. The molecule has 2 N–H and O–H groups in total. The molecule has 0 bridgehead atoms. The lowest BCUT2D eigenvalue weighted by molar-refractivity contribution is 0.281. The van der Waals surface area contributed by atoms with Crippen LogP contribution in [0, 0.1) is 0 Å². The molecule has 0 saturated heterocycles. The van der Waals surface area contributed by atoms with Crippen LogP contribution in [0.3, 0.4) is 0 Å². The summed E-state index contributed by atoms with van der Waals surface area (Å²) in [7, 11) is 4.06. The van der Waals surface area contributed by atoms with Crippen LogP contribution in [0.4, 0.5) is 0 Å². The van der Waals surface area contributed by atoms with E-state index in [1.807, 2.05) is 73.4 Å². The van der Waals surface area contributed by atoms with Crippen molar-refractivity contribution in [3.63, 3.8) is 0 Å². The Morgan fingerprint density at radius 2 is 1.51 bits per heavy atom. The predicted octanol–water partition coefficient (Wildman–Crippen LogP) is 1.30. The van der Waals surface area contributed by atoms with Crippen LogP contribution >= 0.6 is 0 Å². The van der Waals surface area contributed by atoms with E-state index in [0.29, 0.717) is 13.2 Å². The fourth-order valence-electron chi connectivity index (χ4n) is 3.57. The maximum Gasteiger partial charge on any atom is 0.272 e. The van der Waals surface area contributed by atoms with Gasteiger partial charge in [-0.05, 0) is 61.5 Å². The summed E-state index contributed by atoms with van der Waals surface area (Å²) in [5, 5.41) is 0.401. The molecule has 0 aliphatic heterocycles. The van der Waals surface area contributed by atoms with Crippen molar-refractivity contribution in [3.05, 3.63) is 115 Å². The van der Waals surface area contributed by atoms with Crippen molar-refractivity contribution in [2.24, 2.45) is 0 Å². The Hall–Kier alpha value is -4.17. The minimum absolute atomic E-state index is 0.197. The molecule has 0 radical (unpaired) electrons. The van der Waals surface area contributed by atoms with E-state index in [9.17, 15) is 9.59 Å². The largest absolute Gasteiger partial charge is 0.494 e. The molecule has 0 aliphatic carbocycles. The van der Waals surface area contributed by atoms with Gasteiger partial charge in [0.2, 0.25) is 0 Å². The average Bonchev–Trinajstić information content (AvgIpc) is 3.35. The Bertz CT molecular complexity index is 1470. The quantitative estimate of drug-likeness (QED) is 0.359. The highest BCUT2D eigenvalue weighted by Crippen LogP contribution is 2.12. The number of rotatable bonds is 9. The van der Waals surface area contributed by atoms with Gasteiger partial charge in [0.15, 0.2) is 0 Å². The lowest BCUT2D eigenvalue weighted by Crippen LogP contribution is -2.46. The molecular weight excluding hydrogens is 442 g/mol. The molecule has 8 heteroatoms. The van der Waals surface area contributed by atoms with Gasteiger partial charge in [0.25, 0.3) is 11.1 Å². The lowest BCUT2D eigenvalue weighted by Gasteiger charge is -2.10. The highest BCUT2D eigenvalue weighted by molar-refractivity contribution is 5.50. The summed E-state index contributed by atoms with van der Waals surface area (Å²) in [6.07, 6.45) is 9.65. The third-order valence-corrected chi connectivity index (χ3v) is 5.41. The average molecular weight is 472 g/mol. The number of H-pyrrole nitrogens is 2. The van der Waals surface area contributed by atoms with E-state index in [2.05, 4.69) is 19.9 Å². The molecule has 0 fully saturated rings. The molecule has 0 unspecified atom stereocenters. The highest BCUT2D eigenvalue weighted by atomic mass is 16.5. The van der Waals surface area contributed by atoms with Gasteiger partial charge in [-0.3, -0.25) is 9.59 Å². The molecule has 0 amide bonds. The van der Waals surface area contributed by atoms with Crippen molar-refractivity contribution in [1.29, 1.82) is 0 Å². The van der Waals surface area contributed by atoms with Gasteiger partial charge in [0.1, 0.15) is 16.4 Å². The van der Waals surface area contributed by atoms with E-state index in [4.69, 9.17) is 4.74 Å². The Morgan fingerprint density at radius 1 is 0.914 bits per heavy atom. The van der Waals surface area contributed by atoms with Gasteiger partial charge in [0.05, 0.1) is 12.9 Å². The van der Waals surface area contributed by atoms with E-state index in [1.54, 1.807) is 24.7 Å². The minimum atomic E-state index is -0.364. The molecule has 0 saturated carbocycles. The van der Waals surface area contributed by atoms with Crippen LogP contribution < -0.4 is 26.6 Å². The molecule has 4 rings (SSSR count). The van der Waals surface area contributed by atoms with E-state index in [1.165, 1.54) is 0 Å². The van der Waals surface area contributed by atoms with Crippen molar-refractivity contribution >= 4 is 12.2 Å². The maximum absolute atomic E-state index is 12.6. The molecule has 180 valence electrons. The zero-order valence-corrected chi connectivity index (χ0v) is 19.9. The van der Waals surface area contributed by atoms with Gasteiger partial charge in [-0.25, -0.2) is 4.98 Å². The standard InChI is InChI=1S/C27H29N5O3/c1-31(2)13-3-15-35-23-10-8-21(9-11-23)17-25-27(34)29-24(26(33)30-25)16-20-4-6-22(7-5-20)18-32-14-12-28-19-32/h4-12,14,16-17,19H,3,13,15,18H2,1-2H3,(H,29,34)(H,30,33). The first kappa shape index (κ1) is 24.0. The van der Waals surface area contributed by atoms with E-state index < -0.39 is 0 Å². The zero-order valence-electron chi connectivity index (χ0n) is 19.9. The van der Waals surface area contributed by atoms with Crippen molar-refractivity contribution in [1.82, 2.24) is 24.4 Å². The van der Waals surface area contributed by atoms with Gasteiger partial charge in [-0.15, -0.1) is 0 Å². The number of aromatic amines is 2. The fourth-order valence-corrected chi connectivity index (χ4v) is 3.57. The van der Waals surface area contributed by atoms with Crippen molar-refractivity contribution in [2.75, 3.05) is 27.2 Å². The number of ether oxygens (including phenoxy) is 1. The van der Waals surface area contributed by atoms with Gasteiger partial charge >= 0.3 is 0 Å². The Morgan fingerprint density at radius 3 is 2.06 bits per heavy atom. The molecule has 0 aliphatic rings. The maximum atomic E-state index is 12.6. The van der Waals surface area contributed by atoms with Gasteiger partial charge in [-0.1, -0.05) is 36.4 Å². The Labute approximate surface area is 202 Å². The summed E-state index contributed by atoms with van der Waals surface area (Å²) in [5.41, 5.74) is 1.99. The highest BCUT2D eigenvalue weighted by Gasteiger charge is 2.00. The summed E-state index contributed by atoms with van der Waals surface area (Å²) in [4.78, 5) is 36.7. The summed E-state index contributed by atoms with van der Waals surface area (Å²) in [6.45, 7) is 2.32. The predicted molar refractivity (Wildman–Crippen MR) is 137 cm³/mol. The smallest absolute Gasteiger partial charge is 0.272 e. The Kier molecular flexibility index (Phi) is 7.74. The second-order valence-electron chi connectivity index (χ2n) is 8.58. The van der Waals surface area contributed by atoms with Crippen LogP contribution in [0.2, 0.25) is 0 Å². The van der Waals surface area contributed by atoms with E-state index in [0.717, 1.165) is 35.4 Å². The molecular formula is C27H29N5O3. The van der Waals surface area contributed by atoms with Crippen LogP contribution in [0.25, 0.3) is 12.2 Å². The first-order valence-electron chi connectivity index (χ1n) is 11.4. The first-order chi connectivity index (χ1) is 17.0. The van der Waals surface area contributed by atoms with Crippen molar-refractivity contribution in [2.45, 2.75) is 13.0 Å². The van der Waals surface area contributed by atoms with Crippen LogP contribution in [0.15, 0.2) is 76.8 Å². The molecule has 0 atom stereocenters. The van der Waals surface area contributed by atoms with Crippen molar-refractivity contribution < 1.29 is 4.74 Å².